The molecule has 1 aromatic carbocycles. The van der Waals surface area contributed by atoms with E-state index in [0.717, 1.165) is 11.0 Å². The minimum atomic E-state index is -1.18. The van der Waals surface area contributed by atoms with Crippen molar-refractivity contribution in [2.75, 3.05) is 18.6 Å². The summed E-state index contributed by atoms with van der Waals surface area (Å²) in [5.74, 6) is -1.86. The van der Waals surface area contributed by atoms with Gasteiger partial charge in [-0.2, -0.15) is 0 Å². The molecule has 4 rings (SSSR count). The van der Waals surface area contributed by atoms with Gasteiger partial charge in [0, 0.05) is 23.7 Å². The van der Waals surface area contributed by atoms with Crippen molar-refractivity contribution in [3.05, 3.63) is 71.6 Å². The maximum atomic E-state index is 14.7. The molecule has 0 aliphatic heterocycles. The number of rotatable bonds is 6. The van der Waals surface area contributed by atoms with Gasteiger partial charge in [0.25, 0.3) is 0 Å². The zero-order valence-corrected chi connectivity index (χ0v) is 21.4. The Morgan fingerprint density at radius 1 is 1.08 bits per heavy atom. The van der Waals surface area contributed by atoms with E-state index in [4.69, 9.17) is 4.74 Å². The highest BCUT2D eigenvalue weighted by atomic mass is 19.1. The predicted octanol–water partition coefficient (Wildman–Crippen LogP) is 5.41. The predicted molar refractivity (Wildman–Crippen MR) is 132 cm³/mol. The summed E-state index contributed by atoms with van der Waals surface area (Å²) in [5, 5.41) is 8.16. The van der Waals surface area contributed by atoms with Crippen molar-refractivity contribution >= 4 is 17.9 Å². The van der Waals surface area contributed by atoms with Crippen LogP contribution in [-0.4, -0.2) is 52.7 Å². The van der Waals surface area contributed by atoms with E-state index in [1.807, 2.05) is 0 Å². The summed E-state index contributed by atoms with van der Waals surface area (Å²) < 4.78 is 53.7. The Balaban J connectivity index is 1.71. The number of esters is 1. The van der Waals surface area contributed by atoms with Crippen LogP contribution in [-0.2, 0) is 14.9 Å². The second-order valence-corrected chi connectivity index (χ2v) is 10.1. The standard InChI is InChI=1S/C27H27F3N4O4/c1-26(2,3)38-25(36)34(15-27(13-17(28)14-27)23-20(30)6-5-11-31-23)22-10-9-21(32-33-22)18-12-16(24(35)37-4)7-8-19(18)29/h5-12,17H,13-15H2,1-4H3. The Labute approximate surface area is 217 Å². The molecule has 1 amide bonds. The third-order valence-electron chi connectivity index (χ3n) is 6.15. The molecular formula is C27H27F3N4O4. The molecule has 0 bridgehead atoms. The van der Waals surface area contributed by atoms with Gasteiger partial charge in [-0.1, -0.05) is 0 Å². The van der Waals surface area contributed by atoms with Gasteiger partial charge in [0.2, 0.25) is 0 Å². The molecular weight excluding hydrogens is 501 g/mol. The van der Waals surface area contributed by atoms with E-state index in [0.29, 0.717) is 0 Å². The van der Waals surface area contributed by atoms with Crippen LogP contribution >= 0.6 is 0 Å². The van der Waals surface area contributed by atoms with Crippen LogP contribution < -0.4 is 4.90 Å². The number of anilines is 1. The van der Waals surface area contributed by atoms with Crippen molar-refractivity contribution in [3.8, 4) is 11.3 Å². The van der Waals surface area contributed by atoms with E-state index in [-0.39, 0.29) is 47.7 Å². The average Bonchev–Trinajstić information content (AvgIpc) is 2.85. The summed E-state index contributed by atoms with van der Waals surface area (Å²) in [4.78, 5) is 30.4. The number of ether oxygens (including phenoxy) is 2. The minimum absolute atomic E-state index is 0.00191. The Morgan fingerprint density at radius 3 is 2.39 bits per heavy atom. The molecule has 8 nitrogen and oxygen atoms in total. The number of alkyl halides is 1. The van der Waals surface area contributed by atoms with Gasteiger partial charge in [0.1, 0.15) is 23.4 Å². The third-order valence-corrected chi connectivity index (χ3v) is 6.15. The molecule has 2 heterocycles. The lowest BCUT2D eigenvalue weighted by Gasteiger charge is -2.46. The van der Waals surface area contributed by atoms with Crippen LogP contribution in [0.5, 0.6) is 0 Å². The van der Waals surface area contributed by atoms with Crippen molar-refractivity contribution in [1.29, 1.82) is 0 Å². The van der Waals surface area contributed by atoms with Gasteiger partial charge >= 0.3 is 12.1 Å². The number of pyridine rings is 1. The maximum Gasteiger partial charge on any atom is 0.416 e. The highest BCUT2D eigenvalue weighted by Gasteiger charge is 2.51. The number of halogens is 3. The molecule has 11 heteroatoms. The fourth-order valence-corrected chi connectivity index (χ4v) is 4.40. The zero-order valence-electron chi connectivity index (χ0n) is 21.4. The molecule has 200 valence electrons. The Bertz CT molecular complexity index is 1340. The smallest absolute Gasteiger partial charge is 0.416 e. The molecule has 1 aliphatic carbocycles. The molecule has 1 saturated carbocycles. The quantitative estimate of drug-likeness (QED) is 0.395. The number of hydrogen-bond donors (Lipinski definition) is 0. The molecule has 38 heavy (non-hydrogen) atoms. The van der Waals surface area contributed by atoms with Gasteiger partial charge < -0.3 is 9.47 Å². The maximum absolute atomic E-state index is 14.7. The molecule has 1 aliphatic rings. The minimum Gasteiger partial charge on any atom is -0.465 e. The summed E-state index contributed by atoms with van der Waals surface area (Å²) in [6.45, 7) is 4.88. The van der Waals surface area contributed by atoms with Crippen LogP contribution in [0, 0.1) is 11.6 Å². The van der Waals surface area contributed by atoms with Crippen LogP contribution in [0.3, 0.4) is 0 Å². The number of benzene rings is 1. The lowest BCUT2D eigenvalue weighted by atomic mass is 9.64. The lowest BCUT2D eigenvalue weighted by Crippen LogP contribution is -2.54. The second-order valence-electron chi connectivity index (χ2n) is 10.1. The summed E-state index contributed by atoms with van der Waals surface area (Å²) in [7, 11) is 1.21. The number of amides is 1. The van der Waals surface area contributed by atoms with Crippen molar-refractivity contribution in [1.82, 2.24) is 15.2 Å². The van der Waals surface area contributed by atoms with E-state index in [1.54, 1.807) is 20.8 Å². The van der Waals surface area contributed by atoms with Crippen molar-refractivity contribution in [3.63, 3.8) is 0 Å². The van der Waals surface area contributed by atoms with E-state index in [9.17, 15) is 22.8 Å². The first-order valence-corrected chi connectivity index (χ1v) is 11.9. The van der Waals surface area contributed by atoms with Gasteiger partial charge in [-0.3, -0.25) is 9.88 Å². The van der Waals surface area contributed by atoms with E-state index >= 15 is 0 Å². The van der Waals surface area contributed by atoms with Crippen LogP contribution in [0.25, 0.3) is 11.3 Å². The summed E-state index contributed by atoms with van der Waals surface area (Å²) >= 11 is 0. The van der Waals surface area contributed by atoms with Gasteiger partial charge in [0.05, 0.1) is 24.1 Å². The molecule has 3 aromatic rings. The first-order chi connectivity index (χ1) is 17.9. The van der Waals surface area contributed by atoms with Crippen LogP contribution in [0.1, 0.15) is 49.7 Å². The summed E-state index contributed by atoms with van der Waals surface area (Å²) in [6, 6.07) is 9.19. The number of methoxy groups -OCH3 is 1. The molecule has 0 saturated heterocycles. The van der Waals surface area contributed by atoms with Crippen molar-refractivity contribution in [2.45, 2.75) is 50.8 Å². The highest BCUT2D eigenvalue weighted by molar-refractivity contribution is 5.91. The first-order valence-electron chi connectivity index (χ1n) is 11.9. The molecule has 0 unspecified atom stereocenters. The molecule has 0 spiro atoms. The highest BCUT2D eigenvalue weighted by Crippen LogP contribution is 2.46. The van der Waals surface area contributed by atoms with Gasteiger partial charge in [-0.15, -0.1) is 10.2 Å². The topological polar surface area (TPSA) is 94.5 Å². The second kappa shape index (κ2) is 10.4. The van der Waals surface area contributed by atoms with E-state index in [1.165, 1.54) is 49.7 Å². The van der Waals surface area contributed by atoms with E-state index in [2.05, 4.69) is 19.9 Å². The molecule has 1 fully saturated rings. The number of aromatic nitrogens is 3. The Morgan fingerprint density at radius 2 is 1.82 bits per heavy atom. The van der Waals surface area contributed by atoms with Gasteiger partial charge in [0.15, 0.2) is 5.82 Å². The van der Waals surface area contributed by atoms with Crippen LogP contribution in [0.4, 0.5) is 23.8 Å². The lowest BCUT2D eigenvalue weighted by molar-refractivity contribution is 0.0506. The Kier molecular flexibility index (Phi) is 7.39. The summed E-state index contributed by atoms with van der Waals surface area (Å²) in [5.41, 5.74) is -1.71. The fraction of sp³-hybridized carbons (Fsp3) is 0.370. The molecule has 0 radical (unpaired) electrons. The van der Waals surface area contributed by atoms with Crippen LogP contribution in [0.2, 0.25) is 0 Å². The Hall–Kier alpha value is -4.02. The number of hydrogen-bond acceptors (Lipinski definition) is 7. The molecule has 2 aromatic heterocycles. The normalized spacial score (nSPS) is 18.9. The van der Waals surface area contributed by atoms with Gasteiger partial charge in [-0.25, -0.2) is 22.8 Å². The van der Waals surface area contributed by atoms with Crippen molar-refractivity contribution in [2.24, 2.45) is 0 Å². The SMILES string of the molecule is COC(=O)c1ccc(F)c(-c2ccc(N(CC3(c4ncccc4F)CC(F)C3)C(=O)OC(C)(C)C)nn2)c1. The third kappa shape index (κ3) is 5.61. The first kappa shape index (κ1) is 27.0. The monoisotopic (exact) mass is 528 g/mol. The molecule has 0 atom stereocenters. The molecule has 0 N–H and O–H groups in total. The zero-order chi connectivity index (χ0) is 27.7. The van der Waals surface area contributed by atoms with Crippen LogP contribution in [0.15, 0.2) is 48.7 Å². The van der Waals surface area contributed by atoms with Crippen molar-refractivity contribution < 1.29 is 32.2 Å². The largest absolute Gasteiger partial charge is 0.465 e. The van der Waals surface area contributed by atoms with Gasteiger partial charge in [-0.05, 0) is 76.1 Å². The number of nitrogens with zero attached hydrogens (tertiary/aromatic N) is 4. The summed E-state index contributed by atoms with van der Waals surface area (Å²) in [6.07, 6.45) is -0.657. The fourth-order valence-electron chi connectivity index (χ4n) is 4.40. The average molecular weight is 529 g/mol. The van der Waals surface area contributed by atoms with E-state index < -0.39 is 40.9 Å². The number of carbonyl (C=O) groups is 2. The number of carbonyl (C=O) groups excluding carboxylic acids is 2.